The fourth-order valence-corrected chi connectivity index (χ4v) is 1.53. The standard InChI is InChI=1S/C11H10BrN3O2/c1-7-14-15-10(17-7)6-13-11(16)8-2-4-9(12)5-3-8/h2-5H,6H2,1H3,(H,13,16). The molecule has 2 aromatic rings. The van der Waals surface area contributed by atoms with Gasteiger partial charge >= 0.3 is 0 Å². The SMILES string of the molecule is Cc1nnc(CNC(=O)c2ccc(Br)cc2)o1. The third-order valence-corrected chi connectivity index (χ3v) is 2.60. The van der Waals surface area contributed by atoms with Crippen molar-refractivity contribution in [2.45, 2.75) is 13.5 Å². The van der Waals surface area contributed by atoms with Gasteiger partial charge in [-0.15, -0.1) is 10.2 Å². The van der Waals surface area contributed by atoms with Gasteiger partial charge in [-0.05, 0) is 24.3 Å². The molecule has 0 spiro atoms. The Balaban J connectivity index is 1.95. The van der Waals surface area contributed by atoms with E-state index >= 15 is 0 Å². The average Bonchev–Trinajstić information content (AvgIpc) is 2.73. The Hall–Kier alpha value is -1.69. The van der Waals surface area contributed by atoms with E-state index in [1.807, 2.05) is 12.1 Å². The fraction of sp³-hybridized carbons (Fsp3) is 0.182. The molecule has 0 saturated carbocycles. The Morgan fingerprint density at radius 1 is 1.35 bits per heavy atom. The van der Waals surface area contributed by atoms with E-state index < -0.39 is 0 Å². The maximum absolute atomic E-state index is 11.7. The van der Waals surface area contributed by atoms with Crippen LogP contribution in [0.4, 0.5) is 0 Å². The Bertz CT molecular complexity index is 522. The highest BCUT2D eigenvalue weighted by molar-refractivity contribution is 9.10. The van der Waals surface area contributed by atoms with Crippen LogP contribution in [-0.2, 0) is 6.54 Å². The predicted octanol–water partition coefficient (Wildman–Crippen LogP) is 2.07. The molecule has 5 nitrogen and oxygen atoms in total. The highest BCUT2D eigenvalue weighted by Gasteiger charge is 2.07. The van der Waals surface area contributed by atoms with E-state index in [4.69, 9.17) is 4.42 Å². The van der Waals surface area contributed by atoms with E-state index in [1.54, 1.807) is 19.1 Å². The van der Waals surface area contributed by atoms with E-state index in [9.17, 15) is 4.79 Å². The normalized spacial score (nSPS) is 10.2. The van der Waals surface area contributed by atoms with Crippen LogP contribution in [0.2, 0.25) is 0 Å². The van der Waals surface area contributed by atoms with E-state index in [0.29, 0.717) is 17.3 Å². The largest absolute Gasteiger partial charge is 0.424 e. The molecule has 0 unspecified atom stereocenters. The number of benzene rings is 1. The first kappa shape index (κ1) is 11.8. The topological polar surface area (TPSA) is 68.0 Å². The number of hydrogen-bond donors (Lipinski definition) is 1. The number of aryl methyl sites for hydroxylation is 1. The van der Waals surface area contributed by atoms with Gasteiger partial charge in [0.15, 0.2) is 0 Å². The third kappa shape index (κ3) is 3.13. The number of rotatable bonds is 3. The number of amides is 1. The number of aromatic nitrogens is 2. The molecule has 2 rings (SSSR count). The molecule has 6 heteroatoms. The van der Waals surface area contributed by atoms with Crippen molar-refractivity contribution in [3.8, 4) is 0 Å². The third-order valence-electron chi connectivity index (χ3n) is 2.07. The van der Waals surface area contributed by atoms with Gasteiger partial charge in [0.2, 0.25) is 11.8 Å². The van der Waals surface area contributed by atoms with Crippen molar-refractivity contribution in [3.63, 3.8) is 0 Å². The van der Waals surface area contributed by atoms with E-state index in [1.165, 1.54) is 0 Å². The maximum Gasteiger partial charge on any atom is 0.251 e. The van der Waals surface area contributed by atoms with Crippen LogP contribution in [-0.4, -0.2) is 16.1 Å². The second kappa shape index (κ2) is 5.09. The van der Waals surface area contributed by atoms with Crippen LogP contribution in [0.1, 0.15) is 22.1 Å². The minimum Gasteiger partial charge on any atom is -0.424 e. The molecule has 1 heterocycles. The molecule has 0 aliphatic carbocycles. The summed E-state index contributed by atoms with van der Waals surface area (Å²) in [5.74, 6) is 0.708. The van der Waals surface area contributed by atoms with Crippen molar-refractivity contribution in [2.24, 2.45) is 0 Å². The Kier molecular flexibility index (Phi) is 3.53. The van der Waals surface area contributed by atoms with Gasteiger partial charge < -0.3 is 9.73 Å². The zero-order chi connectivity index (χ0) is 12.3. The quantitative estimate of drug-likeness (QED) is 0.941. The van der Waals surface area contributed by atoms with Crippen molar-refractivity contribution in [1.29, 1.82) is 0 Å². The molecule has 0 fully saturated rings. The first-order chi connectivity index (χ1) is 8.15. The first-order valence-electron chi connectivity index (χ1n) is 4.98. The lowest BCUT2D eigenvalue weighted by Gasteiger charge is -2.02. The van der Waals surface area contributed by atoms with Crippen molar-refractivity contribution >= 4 is 21.8 Å². The van der Waals surface area contributed by atoms with Crippen molar-refractivity contribution in [3.05, 3.63) is 46.1 Å². The van der Waals surface area contributed by atoms with Crippen LogP contribution < -0.4 is 5.32 Å². The highest BCUT2D eigenvalue weighted by Crippen LogP contribution is 2.10. The van der Waals surface area contributed by atoms with Crippen molar-refractivity contribution in [1.82, 2.24) is 15.5 Å². The van der Waals surface area contributed by atoms with Crippen LogP contribution in [0.3, 0.4) is 0 Å². The molecule has 1 N–H and O–H groups in total. The zero-order valence-electron chi connectivity index (χ0n) is 9.11. The summed E-state index contributed by atoms with van der Waals surface area (Å²) in [6.07, 6.45) is 0. The number of nitrogens with zero attached hydrogens (tertiary/aromatic N) is 2. The number of halogens is 1. The van der Waals surface area contributed by atoms with Crippen LogP contribution in [0.25, 0.3) is 0 Å². The lowest BCUT2D eigenvalue weighted by atomic mass is 10.2. The summed E-state index contributed by atoms with van der Waals surface area (Å²) in [6.45, 7) is 1.93. The summed E-state index contributed by atoms with van der Waals surface area (Å²) in [7, 11) is 0. The first-order valence-corrected chi connectivity index (χ1v) is 5.77. The van der Waals surface area contributed by atoms with Crippen LogP contribution in [0.5, 0.6) is 0 Å². The summed E-state index contributed by atoms with van der Waals surface area (Å²) in [6, 6.07) is 7.09. The minimum atomic E-state index is -0.173. The molecule has 1 amide bonds. The molecular formula is C11H10BrN3O2. The zero-order valence-corrected chi connectivity index (χ0v) is 10.7. The molecule has 17 heavy (non-hydrogen) atoms. The average molecular weight is 296 g/mol. The molecule has 1 aromatic carbocycles. The number of carbonyl (C=O) groups is 1. The summed E-state index contributed by atoms with van der Waals surface area (Å²) in [5.41, 5.74) is 0.587. The number of carbonyl (C=O) groups excluding carboxylic acids is 1. The van der Waals surface area contributed by atoms with Gasteiger partial charge in [-0.3, -0.25) is 4.79 Å². The Morgan fingerprint density at radius 2 is 2.06 bits per heavy atom. The van der Waals surface area contributed by atoms with Crippen LogP contribution in [0.15, 0.2) is 33.2 Å². The molecule has 0 bridgehead atoms. The van der Waals surface area contributed by atoms with Crippen LogP contribution in [0, 0.1) is 6.92 Å². The Labute approximate surface area is 106 Å². The lowest BCUT2D eigenvalue weighted by molar-refractivity contribution is 0.0947. The minimum absolute atomic E-state index is 0.173. The molecule has 0 atom stereocenters. The van der Waals surface area contributed by atoms with Crippen LogP contribution >= 0.6 is 15.9 Å². The number of nitrogens with one attached hydrogen (secondary N) is 1. The van der Waals surface area contributed by atoms with E-state index in [-0.39, 0.29) is 12.5 Å². The maximum atomic E-state index is 11.7. The predicted molar refractivity (Wildman–Crippen MR) is 64.3 cm³/mol. The summed E-state index contributed by atoms with van der Waals surface area (Å²) in [5, 5.41) is 10.2. The van der Waals surface area contributed by atoms with Gasteiger partial charge in [-0.2, -0.15) is 0 Å². The van der Waals surface area contributed by atoms with Gasteiger partial charge in [0, 0.05) is 17.0 Å². The molecule has 0 aliphatic rings. The van der Waals surface area contributed by atoms with Gasteiger partial charge in [0.05, 0.1) is 6.54 Å². The molecule has 1 aromatic heterocycles. The molecule has 0 saturated heterocycles. The number of hydrogen-bond acceptors (Lipinski definition) is 4. The van der Waals surface area contributed by atoms with Gasteiger partial charge in [-0.25, -0.2) is 0 Å². The summed E-state index contributed by atoms with van der Waals surface area (Å²) in [4.78, 5) is 11.7. The highest BCUT2D eigenvalue weighted by atomic mass is 79.9. The lowest BCUT2D eigenvalue weighted by Crippen LogP contribution is -2.22. The van der Waals surface area contributed by atoms with Crippen molar-refractivity contribution in [2.75, 3.05) is 0 Å². The molecular weight excluding hydrogens is 286 g/mol. The second-order valence-corrected chi connectivity index (χ2v) is 4.32. The van der Waals surface area contributed by atoms with E-state index in [2.05, 4.69) is 31.4 Å². The molecule has 0 aliphatic heterocycles. The molecule has 88 valence electrons. The monoisotopic (exact) mass is 295 g/mol. The van der Waals surface area contributed by atoms with Gasteiger partial charge in [-0.1, -0.05) is 15.9 Å². The smallest absolute Gasteiger partial charge is 0.251 e. The fourth-order valence-electron chi connectivity index (χ4n) is 1.27. The van der Waals surface area contributed by atoms with E-state index in [0.717, 1.165) is 4.47 Å². The molecule has 0 radical (unpaired) electrons. The van der Waals surface area contributed by atoms with Gasteiger partial charge in [0.25, 0.3) is 5.91 Å². The van der Waals surface area contributed by atoms with Gasteiger partial charge in [0.1, 0.15) is 0 Å². The van der Waals surface area contributed by atoms with Crippen molar-refractivity contribution < 1.29 is 9.21 Å². The Morgan fingerprint density at radius 3 is 2.65 bits per heavy atom. The second-order valence-electron chi connectivity index (χ2n) is 3.40. The summed E-state index contributed by atoms with van der Waals surface area (Å²) >= 11 is 3.31. The summed E-state index contributed by atoms with van der Waals surface area (Å²) < 4.78 is 6.08.